The van der Waals surface area contributed by atoms with E-state index in [4.69, 9.17) is 0 Å². The first-order valence-corrected chi connectivity index (χ1v) is 5.50. The number of aromatic amines is 1. The Kier molecular flexibility index (Phi) is 3.83. The molecule has 3 heteroatoms. The van der Waals surface area contributed by atoms with E-state index in [2.05, 4.69) is 28.8 Å². The maximum Gasteiger partial charge on any atom is 0.141 e. The Morgan fingerprint density at radius 3 is 2.47 bits per heavy atom. The van der Waals surface area contributed by atoms with Gasteiger partial charge in [-0.1, -0.05) is 27.7 Å². The van der Waals surface area contributed by atoms with Crippen LogP contribution in [-0.4, -0.2) is 15.0 Å². The number of H-pyrrole nitrogens is 1. The third kappa shape index (κ3) is 2.35. The van der Waals surface area contributed by atoms with Crippen LogP contribution in [0.3, 0.4) is 0 Å². The van der Waals surface area contributed by atoms with Gasteiger partial charge in [-0.3, -0.25) is 0 Å². The second-order valence-electron chi connectivity index (χ2n) is 3.55. The predicted molar refractivity (Wildman–Crippen MR) is 64.1 cm³/mol. The van der Waals surface area contributed by atoms with E-state index < -0.39 is 0 Å². The van der Waals surface area contributed by atoms with Crippen molar-refractivity contribution in [2.75, 3.05) is 0 Å². The van der Waals surface area contributed by atoms with Crippen molar-refractivity contribution in [3.8, 4) is 0 Å². The molecule has 2 aromatic rings. The average Bonchev–Trinajstić information content (AvgIpc) is 2.67. The summed E-state index contributed by atoms with van der Waals surface area (Å²) in [5.41, 5.74) is 2.07. The molecule has 0 aromatic carbocycles. The molecule has 0 atom stereocenters. The van der Waals surface area contributed by atoms with Crippen molar-refractivity contribution >= 4 is 11.0 Å². The SMILES string of the molecule is CC.Cc1nc(C(C)C)c2cc[nH]c2n1. The van der Waals surface area contributed by atoms with Gasteiger partial charge in [0.15, 0.2) is 0 Å². The molecule has 0 aliphatic rings. The third-order valence-corrected chi connectivity index (χ3v) is 2.10. The van der Waals surface area contributed by atoms with Gasteiger partial charge in [0.2, 0.25) is 0 Å². The van der Waals surface area contributed by atoms with E-state index in [1.165, 1.54) is 0 Å². The molecule has 0 aliphatic carbocycles. The van der Waals surface area contributed by atoms with Crippen molar-refractivity contribution in [2.24, 2.45) is 0 Å². The fraction of sp³-hybridized carbons (Fsp3) is 0.500. The minimum Gasteiger partial charge on any atom is -0.346 e. The first-order valence-electron chi connectivity index (χ1n) is 5.50. The lowest BCUT2D eigenvalue weighted by molar-refractivity contribution is 0.817. The smallest absolute Gasteiger partial charge is 0.141 e. The van der Waals surface area contributed by atoms with Crippen molar-refractivity contribution in [1.29, 1.82) is 0 Å². The molecule has 0 aliphatic heterocycles. The molecule has 0 fully saturated rings. The molecule has 0 spiro atoms. The van der Waals surface area contributed by atoms with Crippen molar-refractivity contribution in [2.45, 2.75) is 40.5 Å². The Balaban J connectivity index is 0.000000531. The van der Waals surface area contributed by atoms with E-state index in [1.807, 2.05) is 33.0 Å². The van der Waals surface area contributed by atoms with E-state index in [1.54, 1.807) is 0 Å². The zero-order valence-electron chi connectivity index (χ0n) is 10.1. The summed E-state index contributed by atoms with van der Waals surface area (Å²) in [5.74, 6) is 1.28. The summed E-state index contributed by atoms with van der Waals surface area (Å²) in [7, 11) is 0. The largest absolute Gasteiger partial charge is 0.346 e. The van der Waals surface area contributed by atoms with Gasteiger partial charge in [-0.05, 0) is 18.9 Å². The highest BCUT2D eigenvalue weighted by Crippen LogP contribution is 2.21. The van der Waals surface area contributed by atoms with Gasteiger partial charge in [-0.25, -0.2) is 9.97 Å². The number of nitrogens with one attached hydrogen (secondary N) is 1. The monoisotopic (exact) mass is 205 g/mol. The van der Waals surface area contributed by atoms with Crippen LogP contribution >= 0.6 is 0 Å². The van der Waals surface area contributed by atoms with Gasteiger partial charge in [0, 0.05) is 11.6 Å². The van der Waals surface area contributed by atoms with Crippen LogP contribution in [0.1, 0.15) is 45.1 Å². The first-order chi connectivity index (χ1) is 7.18. The summed E-state index contributed by atoms with van der Waals surface area (Å²) in [4.78, 5) is 11.9. The van der Waals surface area contributed by atoms with Gasteiger partial charge >= 0.3 is 0 Å². The fourth-order valence-electron chi connectivity index (χ4n) is 1.52. The maximum absolute atomic E-state index is 4.44. The van der Waals surface area contributed by atoms with E-state index >= 15 is 0 Å². The Morgan fingerprint density at radius 1 is 1.20 bits per heavy atom. The van der Waals surface area contributed by atoms with Gasteiger partial charge in [-0.2, -0.15) is 0 Å². The summed E-state index contributed by atoms with van der Waals surface area (Å²) in [6, 6.07) is 2.03. The van der Waals surface area contributed by atoms with Crippen molar-refractivity contribution in [3.05, 3.63) is 23.8 Å². The summed E-state index contributed by atoms with van der Waals surface area (Å²) in [6.45, 7) is 10.2. The van der Waals surface area contributed by atoms with Crippen LogP contribution in [0, 0.1) is 6.92 Å². The second-order valence-corrected chi connectivity index (χ2v) is 3.55. The zero-order valence-corrected chi connectivity index (χ0v) is 10.1. The molecule has 0 unspecified atom stereocenters. The number of hydrogen-bond acceptors (Lipinski definition) is 2. The molecule has 2 heterocycles. The molecule has 2 rings (SSSR count). The predicted octanol–water partition coefficient (Wildman–Crippen LogP) is 3.42. The minimum atomic E-state index is 0.444. The van der Waals surface area contributed by atoms with E-state index in [0.29, 0.717) is 5.92 Å². The Bertz CT molecular complexity index is 429. The molecular weight excluding hydrogens is 186 g/mol. The second kappa shape index (κ2) is 4.91. The van der Waals surface area contributed by atoms with Gasteiger partial charge in [-0.15, -0.1) is 0 Å². The third-order valence-electron chi connectivity index (χ3n) is 2.10. The van der Waals surface area contributed by atoms with Crippen LogP contribution in [-0.2, 0) is 0 Å². The van der Waals surface area contributed by atoms with Gasteiger partial charge in [0.25, 0.3) is 0 Å². The number of aryl methyl sites for hydroxylation is 1. The topological polar surface area (TPSA) is 41.6 Å². The zero-order chi connectivity index (χ0) is 11.4. The highest BCUT2D eigenvalue weighted by Gasteiger charge is 2.09. The molecule has 1 N–H and O–H groups in total. The van der Waals surface area contributed by atoms with Crippen LogP contribution in [0.15, 0.2) is 12.3 Å². The Labute approximate surface area is 91.0 Å². The van der Waals surface area contributed by atoms with Crippen LogP contribution in [0.4, 0.5) is 0 Å². The molecule has 0 saturated heterocycles. The molecule has 0 saturated carbocycles. The molecule has 0 amide bonds. The number of aromatic nitrogens is 3. The lowest BCUT2D eigenvalue weighted by Crippen LogP contribution is -1.98. The van der Waals surface area contributed by atoms with Gasteiger partial charge in [0.05, 0.1) is 5.69 Å². The fourth-order valence-corrected chi connectivity index (χ4v) is 1.52. The molecule has 0 radical (unpaired) electrons. The summed E-state index contributed by atoms with van der Waals surface area (Å²) < 4.78 is 0. The van der Waals surface area contributed by atoms with Crippen LogP contribution in [0.5, 0.6) is 0 Å². The van der Waals surface area contributed by atoms with Crippen molar-refractivity contribution in [3.63, 3.8) is 0 Å². The van der Waals surface area contributed by atoms with Crippen LogP contribution < -0.4 is 0 Å². The highest BCUT2D eigenvalue weighted by atomic mass is 14.9. The summed E-state index contributed by atoms with van der Waals surface area (Å²) in [6.07, 6.45) is 1.91. The van der Waals surface area contributed by atoms with E-state index in [-0.39, 0.29) is 0 Å². The Morgan fingerprint density at radius 2 is 1.87 bits per heavy atom. The lowest BCUT2D eigenvalue weighted by Gasteiger charge is -2.06. The lowest BCUT2D eigenvalue weighted by atomic mass is 10.1. The normalized spacial score (nSPS) is 10.3. The van der Waals surface area contributed by atoms with Crippen molar-refractivity contribution in [1.82, 2.24) is 15.0 Å². The molecule has 82 valence electrons. The van der Waals surface area contributed by atoms with E-state index in [0.717, 1.165) is 22.6 Å². The quantitative estimate of drug-likeness (QED) is 0.775. The van der Waals surface area contributed by atoms with E-state index in [9.17, 15) is 0 Å². The van der Waals surface area contributed by atoms with Gasteiger partial charge in [0.1, 0.15) is 11.5 Å². The van der Waals surface area contributed by atoms with Gasteiger partial charge < -0.3 is 4.98 Å². The molecule has 0 bridgehead atoms. The number of hydrogen-bond donors (Lipinski definition) is 1. The molecule has 15 heavy (non-hydrogen) atoms. The summed E-state index contributed by atoms with van der Waals surface area (Å²) in [5, 5.41) is 1.14. The van der Waals surface area contributed by atoms with Crippen molar-refractivity contribution < 1.29 is 0 Å². The number of rotatable bonds is 1. The molecule has 2 aromatic heterocycles. The average molecular weight is 205 g/mol. The van der Waals surface area contributed by atoms with Crippen LogP contribution in [0.25, 0.3) is 11.0 Å². The Hall–Kier alpha value is -1.38. The minimum absolute atomic E-state index is 0.444. The first kappa shape index (κ1) is 11.7. The maximum atomic E-state index is 4.44. The number of nitrogens with zero attached hydrogens (tertiary/aromatic N) is 2. The molecule has 3 nitrogen and oxygen atoms in total. The standard InChI is InChI=1S/C10H13N3.C2H6/c1-6(2)9-8-4-5-11-10(8)13-7(3)12-9;1-2/h4-6H,1-3H3,(H,11,12,13);1-2H3. The van der Waals surface area contributed by atoms with Crippen LogP contribution in [0.2, 0.25) is 0 Å². The molecular formula is C12H19N3. The summed E-state index contributed by atoms with van der Waals surface area (Å²) >= 11 is 0. The number of fused-ring (bicyclic) bond motifs is 1. The highest BCUT2D eigenvalue weighted by molar-refractivity contribution is 5.78.